The molecule has 2 aromatic rings. The summed E-state index contributed by atoms with van der Waals surface area (Å²) >= 11 is 1.67. The smallest absolute Gasteiger partial charge is 0.226 e. The van der Waals surface area contributed by atoms with Gasteiger partial charge in [-0.3, -0.25) is 4.90 Å². The van der Waals surface area contributed by atoms with Crippen molar-refractivity contribution in [1.29, 1.82) is 0 Å². The molecule has 2 aromatic heterocycles. The molecule has 2 fully saturated rings. The molecule has 112 valence electrons. The van der Waals surface area contributed by atoms with Gasteiger partial charge in [0.15, 0.2) is 0 Å². The molecule has 2 N–H and O–H groups in total. The van der Waals surface area contributed by atoms with Gasteiger partial charge in [0.2, 0.25) is 5.95 Å². The number of nitrogens with one attached hydrogen (secondary N) is 2. The number of anilines is 2. The first kappa shape index (κ1) is 13.3. The maximum Gasteiger partial charge on any atom is 0.226 e. The molecular weight excluding hydrogens is 282 g/mol. The van der Waals surface area contributed by atoms with Crippen molar-refractivity contribution < 1.29 is 0 Å². The number of thiophene rings is 1. The number of nitrogens with zero attached hydrogens (tertiary/aromatic N) is 3. The fourth-order valence-electron chi connectivity index (χ4n) is 3.07. The van der Waals surface area contributed by atoms with Crippen LogP contribution in [0.15, 0.2) is 11.4 Å². The van der Waals surface area contributed by atoms with Crippen molar-refractivity contribution >= 4 is 33.3 Å². The van der Waals surface area contributed by atoms with Crippen molar-refractivity contribution in [3.63, 3.8) is 0 Å². The number of fused-ring (bicyclic) bond motifs is 1. The van der Waals surface area contributed by atoms with E-state index < -0.39 is 0 Å². The molecule has 4 rings (SSSR count). The molecule has 1 atom stereocenters. The lowest BCUT2D eigenvalue weighted by molar-refractivity contribution is 0.326. The molecule has 3 heterocycles. The SMILES string of the molecule is CCNc1nc(NC2CCN(C3CC3)C2)c2ccsc2n1. The number of aromatic nitrogens is 2. The standard InChI is InChI=1S/C15H21N5S/c1-2-16-15-18-13(12-6-8-21-14(12)19-15)17-10-5-7-20(9-10)11-3-4-11/h6,8,10-11H,2-5,7,9H2,1H3,(H2,16,17,18,19). The van der Waals surface area contributed by atoms with E-state index in [0.29, 0.717) is 6.04 Å². The highest BCUT2D eigenvalue weighted by atomic mass is 32.1. The van der Waals surface area contributed by atoms with Gasteiger partial charge in [0, 0.05) is 31.7 Å². The van der Waals surface area contributed by atoms with Crippen molar-refractivity contribution in [2.45, 2.75) is 38.3 Å². The highest BCUT2D eigenvalue weighted by Crippen LogP contribution is 2.32. The summed E-state index contributed by atoms with van der Waals surface area (Å²) in [5, 5.41) is 10.1. The third-order valence-electron chi connectivity index (χ3n) is 4.28. The molecule has 1 saturated carbocycles. The highest BCUT2D eigenvalue weighted by Gasteiger charge is 2.34. The van der Waals surface area contributed by atoms with Gasteiger partial charge in [0.05, 0.1) is 5.39 Å². The van der Waals surface area contributed by atoms with E-state index in [0.717, 1.165) is 41.1 Å². The van der Waals surface area contributed by atoms with Crippen LogP contribution in [0.25, 0.3) is 10.2 Å². The minimum atomic E-state index is 0.512. The van der Waals surface area contributed by atoms with Crippen LogP contribution in [-0.2, 0) is 0 Å². The van der Waals surface area contributed by atoms with E-state index in [4.69, 9.17) is 0 Å². The molecule has 1 saturated heterocycles. The van der Waals surface area contributed by atoms with Crippen LogP contribution in [0.1, 0.15) is 26.2 Å². The van der Waals surface area contributed by atoms with Crippen molar-refractivity contribution in [3.05, 3.63) is 11.4 Å². The summed E-state index contributed by atoms with van der Waals surface area (Å²) in [6.07, 6.45) is 3.99. The Hall–Kier alpha value is -1.40. The van der Waals surface area contributed by atoms with Crippen LogP contribution in [0.4, 0.5) is 11.8 Å². The van der Waals surface area contributed by atoms with Crippen LogP contribution in [0.2, 0.25) is 0 Å². The van der Waals surface area contributed by atoms with E-state index in [1.54, 1.807) is 11.3 Å². The predicted molar refractivity (Wildman–Crippen MR) is 88.2 cm³/mol. The first-order chi connectivity index (χ1) is 10.3. The van der Waals surface area contributed by atoms with Gasteiger partial charge < -0.3 is 10.6 Å². The second kappa shape index (κ2) is 5.42. The summed E-state index contributed by atoms with van der Waals surface area (Å²) in [7, 11) is 0. The fourth-order valence-corrected chi connectivity index (χ4v) is 3.84. The van der Waals surface area contributed by atoms with E-state index in [1.165, 1.54) is 25.8 Å². The van der Waals surface area contributed by atoms with Gasteiger partial charge in [-0.1, -0.05) is 0 Å². The molecule has 6 heteroatoms. The lowest BCUT2D eigenvalue weighted by Gasteiger charge is -2.17. The van der Waals surface area contributed by atoms with Crippen LogP contribution in [0.5, 0.6) is 0 Å². The molecule has 0 spiro atoms. The Morgan fingerprint density at radius 1 is 1.33 bits per heavy atom. The Balaban J connectivity index is 1.55. The fraction of sp³-hybridized carbons (Fsp3) is 0.600. The van der Waals surface area contributed by atoms with Crippen molar-refractivity contribution in [2.75, 3.05) is 30.3 Å². The maximum absolute atomic E-state index is 4.67. The number of rotatable bonds is 5. The molecule has 0 amide bonds. The zero-order valence-electron chi connectivity index (χ0n) is 12.3. The first-order valence-corrected chi connectivity index (χ1v) is 8.71. The minimum Gasteiger partial charge on any atom is -0.365 e. The molecule has 2 aliphatic rings. The third kappa shape index (κ3) is 2.70. The number of hydrogen-bond donors (Lipinski definition) is 2. The van der Waals surface area contributed by atoms with Crippen LogP contribution in [-0.4, -0.2) is 46.6 Å². The van der Waals surface area contributed by atoms with Crippen LogP contribution < -0.4 is 10.6 Å². The van der Waals surface area contributed by atoms with Gasteiger partial charge >= 0.3 is 0 Å². The molecule has 0 bridgehead atoms. The monoisotopic (exact) mass is 303 g/mol. The van der Waals surface area contributed by atoms with Gasteiger partial charge in [-0.25, -0.2) is 4.98 Å². The van der Waals surface area contributed by atoms with Crippen molar-refractivity contribution in [3.8, 4) is 0 Å². The summed E-state index contributed by atoms with van der Waals surface area (Å²) in [6, 6.07) is 3.49. The number of hydrogen-bond acceptors (Lipinski definition) is 6. The molecule has 1 unspecified atom stereocenters. The van der Waals surface area contributed by atoms with E-state index in [9.17, 15) is 0 Å². The van der Waals surface area contributed by atoms with Crippen LogP contribution in [0, 0.1) is 0 Å². The summed E-state index contributed by atoms with van der Waals surface area (Å²) in [5.41, 5.74) is 0. The summed E-state index contributed by atoms with van der Waals surface area (Å²) in [6.45, 7) is 5.28. The van der Waals surface area contributed by atoms with Crippen molar-refractivity contribution in [2.24, 2.45) is 0 Å². The molecule has 1 aliphatic carbocycles. The lowest BCUT2D eigenvalue weighted by Crippen LogP contribution is -2.28. The molecular formula is C15H21N5S. The van der Waals surface area contributed by atoms with Gasteiger partial charge in [-0.05, 0) is 37.6 Å². The molecule has 21 heavy (non-hydrogen) atoms. The molecule has 1 aliphatic heterocycles. The Morgan fingerprint density at radius 3 is 3.05 bits per heavy atom. The topological polar surface area (TPSA) is 53.1 Å². The highest BCUT2D eigenvalue weighted by molar-refractivity contribution is 7.16. The Bertz CT molecular complexity index is 636. The quantitative estimate of drug-likeness (QED) is 0.889. The Labute approximate surface area is 128 Å². The second-order valence-electron chi connectivity index (χ2n) is 5.92. The van der Waals surface area contributed by atoms with Crippen LogP contribution in [0.3, 0.4) is 0 Å². The minimum absolute atomic E-state index is 0.512. The Kier molecular flexibility index (Phi) is 3.43. The summed E-state index contributed by atoms with van der Waals surface area (Å²) in [5.74, 6) is 1.71. The maximum atomic E-state index is 4.67. The van der Waals surface area contributed by atoms with Gasteiger partial charge in [-0.15, -0.1) is 11.3 Å². The van der Waals surface area contributed by atoms with E-state index in [1.807, 2.05) is 0 Å². The zero-order chi connectivity index (χ0) is 14.2. The van der Waals surface area contributed by atoms with Gasteiger partial charge in [-0.2, -0.15) is 4.98 Å². The summed E-state index contributed by atoms with van der Waals surface area (Å²) < 4.78 is 0. The normalized spacial score (nSPS) is 22.8. The third-order valence-corrected chi connectivity index (χ3v) is 5.09. The second-order valence-corrected chi connectivity index (χ2v) is 6.82. The zero-order valence-corrected chi connectivity index (χ0v) is 13.1. The average Bonchev–Trinajstić information content (AvgIpc) is 3.03. The lowest BCUT2D eigenvalue weighted by atomic mass is 10.2. The summed E-state index contributed by atoms with van der Waals surface area (Å²) in [4.78, 5) is 12.9. The first-order valence-electron chi connectivity index (χ1n) is 7.83. The van der Waals surface area contributed by atoms with E-state index in [2.05, 4.69) is 43.9 Å². The van der Waals surface area contributed by atoms with E-state index in [-0.39, 0.29) is 0 Å². The number of likely N-dealkylation sites (tertiary alicyclic amines) is 1. The van der Waals surface area contributed by atoms with Crippen LogP contribution >= 0.6 is 11.3 Å². The average molecular weight is 303 g/mol. The Morgan fingerprint density at radius 2 is 2.24 bits per heavy atom. The van der Waals surface area contributed by atoms with Crippen molar-refractivity contribution in [1.82, 2.24) is 14.9 Å². The van der Waals surface area contributed by atoms with E-state index >= 15 is 0 Å². The molecule has 0 radical (unpaired) electrons. The molecule has 5 nitrogen and oxygen atoms in total. The van der Waals surface area contributed by atoms with Gasteiger partial charge in [0.1, 0.15) is 10.6 Å². The largest absolute Gasteiger partial charge is 0.365 e. The molecule has 0 aromatic carbocycles. The predicted octanol–water partition coefficient (Wildman–Crippen LogP) is 2.77. The van der Waals surface area contributed by atoms with Gasteiger partial charge in [0.25, 0.3) is 0 Å².